The van der Waals surface area contributed by atoms with Crippen LogP contribution in [-0.4, -0.2) is 5.78 Å². The van der Waals surface area contributed by atoms with E-state index in [1.807, 2.05) is 6.08 Å². The molecule has 1 fully saturated rings. The minimum absolute atomic E-state index is 0.385. The number of rotatable bonds is 5. The maximum absolute atomic E-state index is 11.7. The molecule has 0 amide bonds. The second-order valence-electron chi connectivity index (χ2n) is 4.60. The second kappa shape index (κ2) is 6.00. The van der Waals surface area contributed by atoms with E-state index in [4.69, 9.17) is 0 Å². The summed E-state index contributed by atoms with van der Waals surface area (Å²) in [4.78, 5) is 11.7. The zero-order valence-corrected chi connectivity index (χ0v) is 9.30. The van der Waals surface area contributed by atoms with Crippen molar-refractivity contribution in [1.82, 2.24) is 0 Å². The van der Waals surface area contributed by atoms with Crippen LogP contribution < -0.4 is 0 Å². The average Bonchev–Trinajstić information content (AvgIpc) is 2.19. The van der Waals surface area contributed by atoms with Crippen LogP contribution in [0.4, 0.5) is 0 Å². The molecule has 0 spiro atoms. The number of ketones is 1. The fourth-order valence-electron chi connectivity index (χ4n) is 2.21. The first kappa shape index (κ1) is 11.5. The predicted molar refractivity (Wildman–Crippen MR) is 60.2 cm³/mol. The van der Waals surface area contributed by atoms with Gasteiger partial charge in [0.2, 0.25) is 0 Å². The van der Waals surface area contributed by atoms with E-state index in [2.05, 4.69) is 13.5 Å². The van der Waals surface area contributed by atoms with Crippen LogP contribution in [0.3, 0.4) is 0 Å². The standard InChI is InChI=1S/C13H22O/c1-3-4-5-6-13(14)12-9-7-11(2)8-10-12/h3,11-12H,1,4-10H2,2H3. The fraction of sp³-hybridized carbons (Fsp3) is 0.769. The molecule has 1 heteroatoms. The summed E-state index contributed by atoms with van der Waals surface area (Å²) in [6.45, 7) is 5.96. The lowest BCUT2D eigenvalue weighted by atomic mass is 9.80. The average molecular weight is 194 g/mol. The second-order valence-corrected chi connectivity index (χ2v) is 4.60. The lowest BCUT2D eigenvalue weighted by Gasteiger charge is -2.24. The summed E-state index contributed by atoms with van der Waals surface area (Å²) < 4.78 is 0. The molecule has 1 aliphatic rings. The molecule has 0 saturated heterocycles. The Labute approximate surface area is 87.6 Å². The molecule has 0 unspecified atom stereocenters. The fourth-order valence-corrected chi connectivity index (χ4v) is 2.21. The van der Waals surface area contributed by atoms with Crippen LogP contribution in [0.2, 0.25) is 0 Å². The molecule has 0 heterocycles. The van der Waals surface area contributed by atoms with Crippen LogP contribution >= 0.6 is 0 Å². The lowest BCUT2D eigenvalue weighted by molar-refractivity contribution is -0.124. The highest BCUT2D eigenvalue weighted by Crippen LogP contribution is 2.29. The number of unbranched alkanes of at least 4 members (excludes halogenated alkanes) is 1. The van der Waals surface area contributed by atoms with E-state index in [0.29, 0.717) is 11.7 Å². The van der Waals surface area contributed by atoms with Gasteiger partial charge in [-0.2, -0.15) is 0 Å². The summed E-state index contributed by atoms with van der Waals surface area (Å²) in [6, 6.07) is 0. The first-order chi connectivity index (χ1) is 6.74. The highest BCUT2D eigenvalue weighted by Gasteiger charge is 2.23. The quantitative estimate of drug-likeness (QED) is 0.481. The molecular formula is C13H22O. The molecule has 1 rings (SSSR count). The number of Topliss-reactive ketones (excluding diaryl/α,β-unsaturated/α-hetero) is 1. The number of carbonyl (C=O) groups excluding carboxylic acids is 1. The first-order valence-corrected chi connectivity index (χ1v) is 5.87. The van der Waals surface area contributed by atoms with E-state index in [1.165, 1.54) is 12.8 Å². The van der Waals surface area contributed by atoms with Gasteiger partial charge in [0.15, 0.2) is 0 Å². The summed E-state index contributed by atoms with van der Waals surface area (Å²) in [7, 11) is 0. The van der Waals surface area contributed by atoms with E-state index < -0.39 is 0 Å². The summed E-state index contributed by atoms with van der Waals surface area (Å²) in [5, 5.41) is 0. The van der Waals surface area contributed by atoms with Gasteiger partial charge in [-0.25, -0.2) is 0 Å². The zero-order chi connectivity index (χ0) is 10.4. The first-order valence-electron chi connectivity index (χ1n) is 5.87. The smallest absolute Gasteiger partial charge is 0.135 e. The molecule has 0 aliphatic heterocycles. The summed E-state index contributed by atoms with van der Waals surface area (Å²) in [5.41, 5.74) is 0. The van der Waals surface area contributed by atoms with Crippen LogP contribution in [0, 0.1) is 11.8 Å². The lowest BCUT2D eigenvalue weighted by Crippen LogP contribution is -2.20. The van der Waals surface area contributed by atoms with E-state index in [-0.39, 0.29) is 0 Å². The molecule has 80 valence electrons. The van der Waals surface area contributed by atoms with Crippen LogP contribution in [0.15, 0.2) is 12.7 Å². The van der Waals surface area contributed by atoms with Crippen molar-refractivity contribution in [1.29, 1.82) is 0 Å². The van der Waals surface area contributed by atoms with Gasteiger partial charge in [-0.05, 0) is 31.6 Å². The Hall–Kier alpha value is -0.590. The normalized spacial score (nSPS) is 27.2. The molecule has 0 bridgehead atoms. The molecule has 0 N–H and O–H groups in total. The number of allylic oxidation sites excluding steroid dienone is 1. The SMILES string of the molecule is C=CCCCC(=O)C1CCC(C)CC1. The van der Waals surface area contributed by atoms with Crippen molar-refractivity contribution in [3.8, 4) is 0 Å². The Bertz CT molecular complexity index is 187. The molecule has 1 aliphatic carbocycles. The number of hydrogen-bond donors (Lipinski definition) is 0. The van der Waals surface area contributed by atoms with Crippen LogP contribution in [-0.2, 0) is 4.79 Å². The third-order valence-corrected chi connectivity index (χ3v) is 3.30. The Morgan fingerprint density at radius 2 is 2.00 bits per heavy atom. The molecule has 0 aromatic heterocycles. The maximum Gasteiger partial charge on any atom is 0.135 e. The summed E-state index contributed by atoms with van der Waals surface area (Å²) in [5.74, 6) is 1.72. The van der Waals surface area contributed by atoms with E-state index >= 15 is 0 Å². The minimum Gasteiger partial charge on any atom is -0.299 e. The van der Waals surface area contributed by atoms with Gasteiger partial charge in [0, 0.05) is 12.3 Å². The molecular weight excluding hydrogens is 172 g/mol. The third kappa shape index (κ3) is 3.65. The van der Waals surface area contributed by atoms with E-state index in [1.54, 1.807) is 0 Å². The van der Waals surface area contributed by atoms with Crippen LogP contribution in [0.1, 0.15) is 51.9 Å². The minimum atomic E-state index is 0.385. The summed E-state index contributed by atoms with van der Waals surface area (Å²) in [6.07, 6.45) is 9.41. The molecule has 0 atom stereocenters. The van der Waals surface area contributed by atoms with E-state index in [0.717, 1.165) is 38.0 Å². The van der Waals surface area contributed by atoms with Crippen molar-refractivity contribution < 1.29 is 4.79 Å². The predicted octanol–water partition coefficient (Wildman–Crippen LogP) is 3.74. The number of hydrogen-bond acceptors (Lipinski definition) is 1. The third-order valence-electron chi connectivity index (χ3n) is 3.30. The summed E-state index contributed by atoms with van der Waals surface area (Å²) >= 11 is 0. The van der Waals surface area contributed by atoms with Gasteiger partial charge in [-0.1, -0.05) is 25.8 Å². The molecule has 1 nitrogen and oxygen atoms in total. The van der Waals surface area contributed by atoms with Gasteiger partial charge in [0.25, 0.3) is 0 Å². The van der Waals surface area contributed by atoms with Gasteiger partial charge < -0.3 is 0 Å². The molecule has 0 aromatic rings. The Morgan fingerprint density at radius 3 is 2.57 bits per heavy atom. The van der Waals surface area contributed by atoms with Crippen molar-refractivity contribution in [3.63, 3.8) is 0 Å². The monoisotopic (exact) mass is 194 g/mol. The van der Waals surface area contributed by atoms with Gasteiger partial charge >= 0.3 is 0 Å². The topological polar surface area (TPSA) is 17.1 Å². The highest BCUT2D eigenvalue weighted by molar-refractivity contribution is 5.81. The van der Waals surface area contributed by atoms with Crippen molar-refractivity contribution in [2.75, 3.05) is 0 Å². The van der Waals surface area contributed by atoms with Gasteiger partial charge in [-0.3, -0.25) is 4.79 Å². The Morgan fingerprint density at radius 1 is 1.36 bits per heavy atom. The zero-order valence-electron chi connectivity index (χ0n) is 9.30. The molecule has 0 radical (unpaired) electrons. The highest BCUT2D eigenvalue weighted by atomic mass is 16.1. The maximum atomic E-state index is 11.7. The van der Waals surface area contributed by atoms with Crippen LogP contribution in [0.25, 0.3) is 0 Å². The van der Waals surface area contributed by atoms with Crippen molar-refractivity contribution in [3.05, 3.63) is 12.7 Å². The van der Waals surface area contributed by atoms with Crippen molar-refractivity contribution in [2.45, 2.75) is 51.9 Å². The molecule has 0 aromatic carbocycles. The van der Waals surface area contributed by atoms with Crippen molar-refractivity contribution >= 4 is 5.78 Å². The largest absolute Gasteiger partial charge is 0.299 e. The van der Waals surface area contributed by atoms with Gasteiger partial charge in [0.05, 0.1) is 0 Å². The van der Waals surface area contributed by atoms with Gasteiger partial charge in [0.1, 0.15) is 5.78 Å². The Balaban J connectivity index is 2.20. The number of carbonyl (C=O) groups is 1. The van der Waals surface area contributed by atoms with E-state index in [9.17, 15) is 4.79 Å². The molecule has 14 heavy (non-hydrogen) atoms. The van der Waals surface area contributed by atoms with Crippen LogP contribution in [0.5, 0.6) is 0 Å². The van der Waals surface area contributed by atoms with Crippen molar-refractivity contribution in [2.24, 2.45) is 11.8 Å². The Kier molecular flexibility index (Phi) is 4.92. The van der Waals surface area contributed by atoms with Gasteiger partial charge in [-0.15, -0.1) is 6.58 Å². The molecule has 1 saturated carbocycles.